The van der Waals surface area contributed by atoms with Crippen LogP contribution in [0.4, 0.5) is 17.1 Å². The Balaban J connectivity index is 0.925. The van der Waals surface area contributed by atoms with Crippen LogP contribution >= 0.6 is 0 Å². The van der Waals surface area contributed by atoms with E-state index >= 15 is 0 Å². The van der Waals surface area contributed by atoms with Gasteiger partial charge in [0.25, 0.3) is 0 Å². The van der Waals surface area contributed by atoms with Crippen molar-refractivity contribution in [2.45, 2.75) is 17.8 Å². The molecule has 15 rings (SSSR count). The van der Waals surface area contributed by atoms with Crippen LogP contribution in [0.1, 0.15) is 45.7 Å². The minimum atomic E-state index is -0.476. The molecule has 1 aromatic heterocycles. The highest BCUT2D eigenvalue weighted by molar-refractivity contribution is 6.17. The molecule has 0 saturated heterocycles. The van der Waals surface area contributed by atoms with Gasteiger partial charge in [-0.2, -0.15) is 0 Å². The third-order valence-corrected chi connectivity index (χ3v) is 15.8. The van der Waals surface area contributed by atoms with Gasteiger partial charge >= 0.3 is 0 Å². The summed E-state index contributed by atoms with van der Waals surface area (Å²) >= 11 is 0. The first-order valence-corrected chi connectivity index (χ1v) is 24.8. The monoisotopic (exact) mass is 903 g/mol. The zero-order valence-electron chi connectivity index (χ0n) is 38.9. The number of nitrogens with zero attached hydrogens (tertiary/aromatic N) is 1. The number of allylic oxidation sites excluding steroid dienone is 4. The Bertz CT molecular complexity index is 4160. The topological polar surface area (TPSA) is 16.4 Å². The van der Waals surface area contributed by atoms with E-state index in [1.54, 1.807) is 0 Å². The van der Waals surface area contributed by atoms with E-state index in [0.29, 0.717) is 0 Å². The molecule has 1 unspecified atom stereocenters. The second-order valence-electron chi connectivity index (χ2n) is 19.4. The molecular weight excluding hydrogens is 859 g/mol. The first-order valence-electron chi connectivity index (χ1n) is 24.8. The first kappa shape index (κ1) is 40.0. The Labute approximate surface area is 412 Å². The van der Waals surface area contributed by atoms with Gasteiger partial charge in [0.15, 0.2) is 0 Å². The quantitative estimate of drug-likeness (QED) is 0.165. The van der Waals surface area contributed by atoms with Gasteiger partial charge in [-0.3, -0.25) is 0 Å². The van der Waals surface area contributed by atoms with E-state index < -0.39 is 5.41 Å². The van der Waals surface area contributed by atoms with Crippen LogP contribution in [-0.4, -0.2) is 0 Å². The molecule has 332 valence electrons. The predicted octanol–water partition coefficient (Wildman–Crippen LogP) is 18.5. The summed E-state index contributed by atoms with van der Waals surface area (Å²) in [6.07, 6.45) is 8.04. The van der Waals surface area contributed by atoms with Crippen LogP contribution in [0.2, 0.25) is 0 Å². The van der Waals surface area contributed by atoms with Crippen molar-refractivity contribution in [3.8, 4) is 33.4 Å². The summed E-state index contributed by atoms with van der Waals surface area (Å²) in [7, 11) is 0. The van der Waals surface area contributed by atoms with E-state index in [9.17, 15) is 0 Å². The van der Waals surface area contributed by atoms with Crippen LogP contribution in [-0.2, 0) is 5.41 Å². The van der Waals surface area contributed by atoms with Crippen molar-refractivity contribution in [2.24, 2.45) is 0 Å². The summed E-state index contributed by atoms with van der Waals surface area (Å²) in [6, 6.07) is 87.7. The van der Waals surface area contributed by atoms with Gasteiger partial charge in [-0.1, -0.05) is 212 Å². The minimum Gasteiger partial charge on any atom is -0.455 e. The molecule has 0 bridgehead atoms. The molecule has 71 heavy (non-hydrogen) atoms. The van der Waals surface area contributed by atoms with Gasteiger partial charge in [0.05, 0.1) is 11.1 Å². The Morgan fingerprint density at radius 3 is 1.73 bits per heavy atom. The van der Waals surface area contributed by atoms with Gasteiger partial charge in [-0.15, -0.1) is 0 Å². The number of benzene rings is 11. The molecule has 0 amide bonds. The zero-order valence-corrected chi connectivity index (χ0v) is 38.9. The van der Waals surface area contributed by atoms with E-state index in [1.165, 1.54) is 77.4 Å². The molecule has 1 atom stereocenters. The number of hydrogen-bond donors (Lipinski definition) is 0. The third kappa shape index (κ3) is 5.89. The number of fused-ring (bicyclic) bond motifs is 16. The normalized spacial score (nSPS) is 15.0. The van der Waals surface area contributed by atoms with Crippen molar-refractivity contribution in [3.63, 3.8) is 0 Å². The molecule has 11 aromatic carbocycles. The Morgan fingerprint density at radius 2 is 0.972 bits per heavy atom. The van der Waals surface area contributed by atoms with Crippen molar-refractivity contribution in [3.05, 3.63) is 288 Å². The van der Waals surface area contributed by atoms with Crippen molar-refractivity contribution < 1.29 is 4.42 Å². The summed E-state index contributed by atoms with van der Waals surface area (Å²) in [4.78, 5) is 2.48. The number of furan rings is 1. The average molecular weight is 904 g/mol. The van der Waals surface area contributed by atoms with Crippen LogP contribution in [0.5, 0.6) is 0 Å². The summed E-state index contributed by atoms with van der Waals surface area (Å²) in [5, 5.41) is 7.06. The van der Waals surface area contributed by atoms with Gasteiger partial charge < -0.3 is 9.32 Å². The van der Waals surface area contributed by atoms with Gasteiger partial charge in [0.1, 0.15) is 11.2 Å². The molecule has 1 heterocycles. The predicted molar refractivity (Wildman–Crippen MR) is 296 cm³/mol. The van der Waals surface area contributed by atoms with Crippen LogP contribution in [0.15, 0.2) is 259 Å². The van der Waals surface area contributed by atoms with Crippen molar-refractivity contribution in [2.75, 3.05) is 4.90 Å². The summed E-state index contributed by atoms with van der Waals surface area (Å²) < 4.78 is 7.04. The van der Waals surface area contributed by atoms with E-state index in [4.69, 9.17) is 4.42 Å². The number of anilines is 3. The first-order chi connectivity index (χ1) is 35.2. The molecule has 0 fully saturated rings. The maximum Gasteiger partial charge on any atom is 0.143 e. The summed E-state index contributed by atoms with van der Waals surface area (Å²) in [6.45, 7) is 0. The molecule has 2 heteroatoms. The lowest BCUT2D eigenvalue weighted by molar-refractivity contribution is 0.674. The fraction of sp³-hybridized carbons (Fsp3) is 0.0435. The Morgan fingerprint density at radius 1 is 0.394 bits per heavy atom. The molecule has 0 radical (unpaired) electrons. The Kier molecular flexibility index (Phi) is 8.73. The zero-order chi connectivity index (χ0) is 46.6. The van der Waals surface area contributed by atoms with Gasteiger partial charge in [0, 0.05) is 44.6 Å². The SMILES string of the molecule is C1=CC(c2ccc3ccccc3c2)=CC(c2ccc(N(c3ccc4c(c3)C3(c5ccccc5-c5ccccc53)c3ccccc3-4)c3ccccc3-c3cccc4c3oc3c5ccccc5ccc43)cc2)C1. The molecule has 12 aromatic rings. The van der Waals surface area contributed by atoms with Crippen molar-refractivity contribution in [1.29, 1.82) is 0 Å². The summed E-state index contributed by atoms with van der Waals surface area (Å²) in [5.74, 6) is 0.249. The highest BCUT2D eigenvalue weighted by atomic mass is 16.3. The lowest BCUT2D eigenvalue weighted by Gasteiger charge is -2.33. The maximum absolute atomic E-state index is 7.04. The van der Waals surface area contributed by atoms with Gasteiger partial charge in [-0.05, 0) is 126 Å². The third-order valence-electron chi connectivity index (χ3n) is 15.8. The van der Waals surface area contributed by atoms with Crippen molar-refractivity contribution in [1.82, 2.24) is 0 Å². The van der Waals surface area contributed by atoms with Crippen LogP contribution in [0, 0.1) is 0 Å². The molecule has 2 nitrogen and oxygen atoms in total. The number of hydrogen-bond acceptors (Lipinski definition) is 2. The highest BCUT2D eigenvalue weighted by Gasteiger charge is 2.51. The number of para-hydroxylation sites is 2. The second-order valence-corrected chi connectivity index (χ2v) is 19.4. The van der Waals surface area contributed by atoms with E-state index in [-0.39, 0.29) is 5.92 Å². The molecular formula is C69H45NO. The van der Waals surface area contributed by atoms with Crippen LogP contribution in [0.3, 0.4) is 0 Å². The fourth-order valence-electron chi connectivity index (χ4n) is 12.6. The van der Waals surface area contributed by atoms with Gasteiger partial charge in [-0.25, -0.2) is 0 Å². The van der Waals surface area contributed by atoms with Gasteiger partial charge in [0.2, 0.25) is 0 Å². The molecule has 0 N–H and O–H groups in total. The standard InChI is InChI=1S/C69H45NO/c1-2-17-47-42-50(32-31-44(47)15-1)49-19-13-18-48(41-49)45-33-36-51(37-34-45)70(66-30-12-8-24-58(66)59-25-14-26-60-61-39-35-46-16-3-4-20-53(46)67(61)71-68(59)60)52-38-40-57-56-23-7-11-29-64(56)69(65(57)43-52)62-27-9-5-21-54(62)55-22-6-10-28-63(55)69/h1-17,19-43,48H,18H2. The van der Waals surface area contributed by atoms with Crippen LogP contribution < -0.4 is 4.90 Å². The maximum atomic E-state index is 7.04. The molecule has 1 spiro atoms. The molecule has 0 aliphatic heterocycles. The molecule has 0 saturated carbocycles. The fourth-order valence-corrected chi connectivity index (χ4v) is 12.6. The van der Waals surface area contributed by atoms with E-state index in [2.05, 4.69) is 260 Å². The van der Waals surface area contributed by atoms with Crippen LogP contribution in [0.25, 0.3) is 82.4 Å². The lowest BCUT2D eigenvalue weighted by atomic mass is 9.70. The average Bonchev–Trinajstić information content (AvgIpc) is 4.09. The molecule has 3 aliphatic rings. The molecule has 3 aliphatic carbocycles. The lowest BCUT2D eigenvalue weighted by Crippen LogP contribution is -2.26. The van der Waals surface area contributed by atoms with Crippen molar-refractivity contribution >= 4 is 66.1 Å². The minimum absolute atomic E-state index is 0.249. The summed E-state index contributed by atoms with van der Waals surface area (Å²) in [5.41, 5.74) is 21.1. The smallest absolute Gasteiger partial charge is 0.143 e. The highest BCUT2D eigenvalue weighted by Crippen LogP contribution is 2.63. The largest absolute Gasteiger partial charge is 0.455 e. The van der Waals surface area contributed by atoms with E-state index in [1.807, 2.05) is 0 Å². The Hall–Kier alpha value is -8.98. The van der Waals surface area contributed by atoms with E-state index in [0.717, 1.165) is 61.9 Å². The second kappa shape index (κ2) is 15.5. The number of rotatable bonds is 6.